The molecule has 3 rings (SSSR count). The second-order valence-corrected chi connectivity index (χ2v) is 5.69. The SMILES string of the molecule is Cc1cccc(NC(=O)[C@@H](C#N)C(=O)c2cncc3ccccc23)c1. The number of Topliss-reactive ketones (excluding diaryl/α,β-unsaturated/α-hetero) is 1. The summed E-state index contributed by atoms with van der Waals surface area (Å²) in [5.74, 6) is -2.64. The maximum absolute atomic E-state index is 12.8. The van der Waals surface area contributed by atoms with Gasteiger partial charge in [0, 0.05) is 29.0 Å². The van der Waals surface area contributed by atoms with E-state index in [-0.39, 0.29) is 5.56 Å². The number of carbonyl (C=O) groups is 2. The number of hydrogen-bond donors (Lipinski definition) is 1. The Labute approximate surface area is 144 Å². The molecule has 5 nitrogen and oxygen atoms in total. The van der Waals surface area contributed by atoms with Crippen molar-refractivity contribution >= 4 is 28.2 Å². The fourth-order valence-corrected chi connectivity index (χ4v) is 2.64. The highest BCUT2D eigenvalue weighted by atomic mass is 16.2. The average Bonchev–Trinajstić information content (AvgIpc) is 2.61. The van der Waals surface area contributed by atoms with Crippen molar-refractivity contribution in [2.45, 2.75) is 6.92 Å². The fourth-order valence-electron chi connectivity index (χ4n) is 2.64. The van der Waals surface area contributed by atoms with Crippen LogP contribution in [0.1, 0.15) is 15.9 Å². The molecule has 0 aliphatic rings. The number of ketones is 1. The predicted molar refractivity (Wildman–Crippen MR) is 95.0 cm³/mol. The number of anilines is 1. The number of nitrogens with zero attached hydrogens (tertiary/aromatic N) is 2. The minimum Gasteiger partial charge on any atom is -0.325 e. The van der Waals surface area contributed by atoms with Gasteiger partial charge in [0.2, 0.25) is 5.91 Å². The summed E-state index contributed by atoms with van der Waals surface area (Å²) < 4.78 is 0. The summed E-state index contributed by atoms with van der Waals surface area (Å²) in [5.41, 5.74) is 1.79. The lowest BCUT2D eigenvalue weighted by Crippen LogP contribution is -2.29. The third-order valence-corrected chi connectivity index (χ3v) is 3.87. The lowest BCUT2D eigenvalue weighted by atomic mass is 9.95. The molecule has 0 aliphatic carbocycles. The van der Waals surface area contributed by atoms with Crippen molar-refractivity contribution in [2.24, 2.45) is 5.92 Å². The number of fused-ring (bicyclic) bond motifs is 1. The Hall–Kier alpha value is -3.52. The molecule has 0 aliphatic heterocycles. The van der Waals surface area contributed by atoms with Crippen LogP contribution in [-0.4, -0.2) is 16.7 Å². The number of aryl methyl sites for hydroxylation is 1. The molecular weight excluding hydrogens is 314 g/mol. The number of pyridine rings is 1. The minimum absolute atomic E-state index is 0.268. The Bertz CT molecular complexity index is 1000. The van der Waals surface area contributed by atoms with Gasteiger partial charge in [0.15, 0.2) is 11.7 Å². The first-order chi connectivity index (χ1) is 12.1. The van der Waals surface area contributed by atoms with Crippen LogP contribution >= 0.6 is 0 Å². The highest BCUT2D eigenvalue weighted by Gasteiger charge is 2.29. The summed E-state index contributed by atoms with van der Waals surface area (Å²) in [5, 5.41) is 13.5. The molecule has 1 atom stereocenters. The van der Waals surface area contributed by atoms with Gasteiger partial charge in [0.05, 0.1) is 6.07 Å². The Balaban J connectivity index is 1.91. The van der Waals surface area contributed by atoms with Gasteiger partial charge in [-0.3, -0.25) is 14.6 Å². The normalized spacial score (nSPS) is 11.5. The van der Waals surface area contributed by atoms with E-state index >= 15 is 0 Å². The quantitative estimate of drug-likeness (QED) is 0.586. The van der Waals surface area contributed by atoms with E-state index in [2.05, 4.69) is 10.3 Å². The Kier molecular flexibility index (Phi) is 4.53. The van der Waals surface area contributed by atoms with Crippen molar-refractivity contribution in [2.75, 3.05) is 5.32 Å². The minimum atomic E-state index is -1.44. The van der Waals surface area contributed by atoms with Crippen LogP contribution < -0.4 is 5.32 Å². The summed E-state index contributed by atoms with van der Waals surface area (Å²) in [6, 6.07) is 16.2. The number of nitriles is 1. The number of rotatable bonds is 4. The van der Waals surface area contributed by atoms with Gasteiger partial charge >= 0.3 is 0 Å². The molecule has 0 saturated heterocycles. The molecule has 0 bridgehead atoms. The van der Waals surface area contributed by atoms with Gasteiger partial charge in [0.1, 0.15) is 0 Å². The molecule has 3 aromatic rings. The number of hydrogen-bond acceptors (Lipinski definition) is 4. The molecule has 0 fully saturated rings. The van der Waals surface area contributed by atoms with Crippen LogP contribution in [0.2, 0.25) is 0 Å². The van der Waals surface area contributed by atoms with Gasteiger partial charge in [-0.25, -0.2) is 0 Å². The molecule has 0 radical (unpaired) electrons. The molecule has 122 valence electrons. The van der Waals surface area contributed by atoms with Gasteiger partial charge in [-0.2, -0.15) is 5.26 Å². The van der Waals surface area contributed by atoms with Crippen molar-refractivity contribution in [1.29, 1.82) is 5.26 Å². The highest BCUT2D eigenvalue weighted by molar-refractivity contribution is 6.19. The largest absolute Gasteiger partial charge is 0.325 e. The molecule has 2 aromatic carbocycles. The van der Waals surface area contributed by atoms with E-state index in [9.17, 15) is 14.9 Å². The van der Waals surface area contributed by atoms with Crippen molar-refractivity contribution in [3.8, 4) is 6.07 Å². The van der Waals surface area contributed by atoms with Crippen molar-refractivity contribution in [1.82, 2.24) is 4.98 Å². The number of carbonyl (C=O) groups excluding carboxylic acids is 2. The second-order valence-electron chi connectivity index (χ2n) is 5.69. The monoisotopic (exact) mass is 329 g/mol. The average molecular weight is 329 g/mol. The first kappa shape index (κ1) is 16.3. The van der Waals surface area contributed by atoms with Gasteiger partial charge in [-0.1, -0.05) is 36.4 Å². The Morgan fingerprint density at radius 2 is 1.92 bits per heavy atom. The third kappa shape index (κ3) is 3.38. The predicted octanol–water partition coefficient (Wildman–Crippen LogP) is 3.50. The fraction of sp³-hybridized carbons (Fsp3) is 0.100. The van der Waals surface area contributed by atoms with Gasteiger partial charge in [-0.05, 0) is 30.0 Å². The molecular formula is C20H15N3O2. The van der Waals surface area contributed by atoms with E-state index in [1.807, 2.05) is 31.2 Å². The summed E-state index contributed by atoms with van der Waals surface area (Å²) >= 11 is 0. The maximum Gasteiger partial charge on any atom is 0.249 e. The zero-order valence-electron chi connectivity index (χ0n) is 13.6. The number of aromatic nitrogens is 1. The topological polar surface area (TPSA) is 82.9 Å². The van der Waals surface area contributed by atoms with Crippen molar-refractivity contribution < 1.29 is 9.59 Å². The lowest BCUT2D eigenvalue weighted by molar-refractivity contribution is -0.117. The molecule has 0 saturated carbocycles. The van der Waals surface area contributed by atoms with Crippen LogP contribution in [-0.2, 0) is 4.79 Å². The van der Waals surface area contributed by atoms with E-state index in [1.54, 1.807) is 36.5 Å². The molecule has 1 N–H and O–H groups in total. The Morgan fingerprint density at radius 1 is 1.12 bits per heavy atom. The standard InChI is InChI=1S/C20H15N3O2/c1-13-5-4-7-15(9-13)23-20(25)17(10-21)19(24)18-12-22-11-14-6-2-3-8-16(14)18/h2-9,11-12,17H,1H3,(H,23,25)/t17-/m0/s1. The number of amides is 1. The first-order valence-corrected chi connectivity index (χ1v) is 7.74. The molecule has 1 aromatic heterocycles. The molecule has 25 heavy (non-hydrogen) atoms. The van der Waals surface area contributed by atoms with Crippen LogP contribution in [0.4, 0.5) is 5.69 Å². The van der Waals surface area contributed by atoms with Gasteiger partial charge in [0.25, 0.3) is 0 Å². The van der Waals surface area contributed by atoms with Gasteiger partial charge < -0.3 is 5.32 Å². The van der Waals surface area contributed by atoms with Gasteiger partial charge in [-0.15, -0.1) is 0 Å². The summed E-state index contributed by atoms with van der Waals surface area (Å²) in [6.07, 6.45) is 3.04. The van der Waals surface area contributed by atoms with E-state index in [0.717, 1.165) is 10.9 Å². The van der Waals surface area contributed by atoms with E-state index in [1.165, 1.54) is 6.20 Å². The van der Waals surface area contributed by atoms with Crippen LogP contribution in [0, 0.1) is 24.2 Å². The molecule has 1 heterocycles. The van der Waals surface area contributed by atoms with Crippen LogP contribution in [0.3, 0.4) is 0 Å². The highest BCUT2D eigenvalue weighted by Crippen LogP contribution is 2.21. The molecule has 0 unspecified atom stereocenters. The lowest BCUT2D eigenvalue weighted by Gasteiger charge is -2.11. The zero-order chi connectivity index (χ0) is 17.8. The second kappa shape index (κ2) is 6.93. The zero-order valence-corrected chi connectivity index (χ0v) is 13.6. The van der Waals surface area contributed by atoms with Crippen LogP contribution in [0.15, 0.2) is 60.9 Å². The molecule has 5 heteroatoms. The third-order valence-electron chi connectivity index (χ3n) is 3.87. The van der Waals surface area contributed by atoms with E-state index < -0.39 is 17.6 Å². The summed E-state index contributed by atoms with van der Waals surface area (Å²) in [7, 11) is 0. The van der Waals surface area contributed by atoms with Crippen LogP contribution in [0.5, 0.6) is 0 Å². The number of benzene rings is 2. The number of nitrogens with one attached hydrogen (secondary N) is 1. The van der Waals surface area contributed by atoms with E-state index in [0.29, 0.717) is 11.1 Å². The van der Waals surface area contributed by atoms with Crippen molar-refractivity contribution in [3.05, 3.63) is 72.1 Å². The summed E-state index contributed by atoms with van der Waals surface area (Å²) in [4.78, 5) is 29.2. The first-order valence-electron chi connectivity index (χ1n) is 7.74. The molecule has 0 spiro atoms. The molecule has 1 amide bonds. The van der Waals surface area contributed by atoms with Crippen LogP contribution in [0.25, 0.3) is 10.8 Å². The maximum atomic E-state index is 12.8. The Morgan fingerprint density at radius 3 is 2.68 bits per heavy atom. The summed E-state index contributed by atoms with van der Waals surface area (Å²) in [6.45, 7) is 1.89. The van der Waals surface area contributed by atoms with Crippen molar-refractivity contribution in [3.63, 3.8) is 0 Å². The smallest absolute Gasteiger partial charge is 0.249 e. The van der Waals surface area contributed by atoms with E-state index in [4.69, 9.17) is 0 Å².